The van der Waals surface area contributed by atoms with Crippen LogP contribution in [0.2, 0.25) is 0 Å². The third kappa shape index (κ3) is 6.27. The molecule has 1 aliphatic carbocycles. The standard InChI is InChI=1S/C24H23F5N2O3S/c1-34-18-8-2-15(3-9-18)12-23-30-21(14-24(33)31-23)22(32)13-20(16-4-5-16)17-6-10-19(11-7-17)35(25,26,27,28)29/h2-3,6-11,14,16,20H,4-5,12-13H2,1H3,(H,30,31,33)/t20-/m1/s1. The van der Waals surface area contributed by atoms with E-state index in [0.717, 1.165) is 36.6 Å². The summed E-state index contributed by atoms with van der Waals surface area (Å²) in [5, 5.41) is 0. The lowest BCUT2D eigenvalue weighted by atomic mass is 9.88. The number of aromatic nitrogens is 2. The number of rotatable bonds is 9. The molecular formula is C24H23F5N2O3S. The van der Waals surface area contributed by atoms with E-state index in [4.69, 9.17) is 4.74 Å². The van der Waals surface area contributed by atoms with Crippen LogP contribution in [0.5, 0.6) is 5.75 Å². The third-order valence-corrected chi connectivity index (χ3v) is 7.12. The minimum Gasteiger partial charge on any atom is -0.497 e. The number of carbonyl (C=O) groups excluding carboxylic acids is 1. The molecule has 3 aromatic rings. The summed E-state index contributed by atoms with van der Waals surface area (Å²) in [7, 11) is -8.23. The number of nitrogens with one attached hydrogen (secondary N) is 1. The van der Waals surface area contributed by atoms with Crippen molar-refractivity contribution in [1.82, 2.24) is 9.97 Å². The van der Waals surface area contributed by atoms with Crippen molar-refractivity contribution in [2.24, 2.45) is 5.92 Å². The molecule has 1 fully saturated rings. The van der Waals surface area contributed by atoms with E-state index >= 15 is 0 Å². The van der Waals surface area contributed by atoms with Gasteiger partial charge in [-0.25, -0.2) is 4.98 Å². The summed E-state index contributed by atoms with van der Waals surface area (Å²) in [6, 6.07) is 10.9. The lowest BCUT2D eigenvalue weighted by Gasteiger charge is -2.40. The van der Waals surface area contributed by atoms with Crippen molar-refractivity contribution in [1.29, 1.82) is 0 Å². The van der Waals surface area contributed by atoms with Gasteiger partial charge in [0, 0.05) is 18.9 Å². The Morgan fingerprint density at radius 1 is 1.06 bits per heavy atom. The molecule has 0 saturated heterocycles. The maximum absolute atomic E-state index is 13.1. The van der Waals surface area contributed by atoms with Crippen molar-refractivity contribution in [3.05, 3.63) is 87.6 Å². The van der Waals surface area contributed by atoms with Gasteiger partial charge in [-0.05, 0) is 60.1 Å². The monoisotopic (exact) mass is 514 g/mol. The van der Waals surface area contributed by atoms with E-state index in [-0.39, 0.29) is 30.3 Å². The Labute approximate surface area is 198 Å². The van der Waals surface area contributed by atoms with Crippen molar-refractivity contribution in [3.63, 3.8) is 0 Å². The van der Waals surface area contributed by atoms with Gasteiger partial charge < -0.3 is 9.72 Å². The lowest BCUT2D eigenvalue weighted by molar-refractivity contribution is 0.0964. The number of ketones is 1. The normalized spacial score (nSPS) is 16.7. The molecule has 0 aliphatic heterocycles. The molecule has 0 spiro atoms. The van der Waals surface area contributed by atoms with Crippen molar-refractivity contribution in [2.45, 2.75) is 36.5 Å². The predicted octanol–water partition coefficient (Wildman–Crippen LogP) is 6.79. The average Bonchev–Trinajstić information content (AvgIpc) is 3.61. The SMILES string of the molecule is COc1ccc(Cc2nc(C(=O)C[C@@H](c3ccc(S(F)(F)(F)(F)F)cc3)C3CC3)cc(=O)[nH]2)cc1. The van der Waals surface area contributed by atoms with E-state index in [1.165, 1.54) is 0 Å². The molecule has 4 rings (SSSR count). The summed E-state index contributed by atoms with van der Waals surface area (Å²) in [4.78, 5) is 30.1. The molecule has 2 aromatic carbocycles. The Hall–Kier alpha value is -3.21. The van der Waals surface area contributed by atoms with Crippen LogP contribution in [0.3, 0.4) is 0 Å². The zero-order valence-corrected chi connectivity index (χ0v) is 19.5. The average molecular weight is 515 g/mol. The van der Waals surface area contributed by atoms with E-state index in [2.05, 4.69) is 9.97 Å². The highest BCUT2D eigenvalue weighted by Crippen LogP contribution is 3.02. The number of nitrogens with zero attached hydrogens (tertiary/aromatic N) is 1. The first-order valence-electron chi connectivity index (χ1n) is 10.8. The zero-order chi connectivity index (χ0) is 25.5. The van der Waals surface area contributed by atoms with E-state index in [0.29, 0.717) is 23.4 Å². The Morgan fingerprint density at radius 3 is 2.23 bits per heavy atom. The number of H-pyrrole nitrogens is 1. The van der Waals surface area contributed by atoms with E-state index in [9.17, 15) is 29.0 Å². The lowest BCUT2D eigenvalue weighted by Crippen LogP contribution is -2.18. The summed E-state index contributed by atoms with van der Waals surface area (Å²) in [6.45, 7) is 0. The van der Waals surface area contributed by atoms with E-state index in [1.807, 2.05) is 0 Å². The zero-order valence-electron chi connectivity index (χ0n) is 18.6. The number of benzene rings is 2. The number of halogens is 5. The van der Waals surface area contributed by atoms with Crippen molar-refractivity contribution in [2.75, 3.05) is 7.11 Å². The first-order chi connectivity index (χ1) is 16.2. The van der Waals surface area contributed by atoms with Crippen LogP contribution in [-0.4, -0.2) is 22.9 Å². The second-order valence-corrected chi connectivity index (χ2v) is 11.1. The second kappa shape index (κ2) is 8.18. The van der Waals surface area contributed by atoms with Crippen molar-refractivity contribution < 1.29 is 29.0 Å². The molecule has 11 heteroatoms. The fraction of sp³-hybridized carbons (Fsp3) is 0.292. The van der Waals surface area contributed by atoms with Crippen LogP contribution in [0, 0.1) is 5.92 Å². The molecular weight excluding hydrogens is 491 g/mol. The fourth-order valence-corrected chi connectivity index (χ4v) is 4.65. The molecule has 1 saturated carbocycles. The van der Waals surface area contributed by atoms with Gasteiger partial charge in [0.2, 0.25) is 0 Å². The topological polar surface area (TPSA) is 72.0 Å². The molecule has 1 atom stereocenters. The maximum atomic E-state index is 13.1. The van der Waals surface area contributed by atoms with Crippen LogP contribution in [0.1, 0.15) is 52.6 Å². The number of ether oxygens (including phenoxy) is 1. The second-order valence-electron chi connectivity index (χ2n) is 8.71. The molecule has 5 nitrogen and oxygen atoms in total. The van der Waals surface area contributed by atoms with Gasteiger partial charge in [0.05, 0.1) is 7.11 Å². The van der Waals surface area contributed by atoms with Gasteiger partial charge in [-0.3, -0.25) is 9.59 Å². The number of hydrogen-bond acceptors (Lipinski definition) is 4. The molecule has 1 heterocycles. The van der Waals surface area contributed by atoms with Crippen LogP contribution < -0.4 is 10.3 Å². The highest BCUT2D eigenvalue weighted by atomic mass is 32.5. The van der Waals surface area contributed by atoms with Gasteiger partial charge in [-0.2, -0.15) is 0 Å². The summed E-state index contributed by atoms with van der Waals surface area (Å²) in [5.41, 5.74) is 0.648. The van der Waals surface area contributed by atoms with Crippen molar-refractivity contribution >= 4 is 16.0 Å². The highest BCUT2D eigenvalue weighted by molar-refractivity contribution is 8.45. The highest BCUT2D eigenvalue weighted by Gasteiger charge is 2.65. The Morgan fingerprint density at radius 2 is 1.69 bits per heavy atom. The minimum atomic E-state index is -9.77. The van der Waals surface area contributed by atoms with Crippen LogP contribution >= 0.6 is 10.2 Å². The summed E-state index contributed by atoms with van der Waals surface area (Å²) >= 11 is 0. The van der Waals surface area contributed by atoms with Crippen LogP contribution in [0.4, 0.5) is 19.4 Å². The Bertz CT molecular complexity index is 1300. The summed E-state index contributed by atoms with van der Waals surface area (Å²) in [6.07, 6.45) is 1.71. The first-order valence-corrected chi connectivity index (χ1v) is 12.8. The third-order valence-electron chi connectivity index (χ3n) is 5.96. The molecule has 188 valence electrons. The molecule has 1 aliphatic rings. The number of hydrogen-bond donors (Lipinski definition) is 1. The fourth-order valence-electron chi connectivity index (χ4n) is 4.00. The Kier molecular flexibility index (Phi) is 5.82. The summed E-state index contributed by atoms with van der Waals surface area (Å²) in [5.74, 6) is 0.0978. The number of aromatic amines is 1. The van der Waals surface area contributed by atoms with Crippen LogP contribution in [0.15, 0.2) is 64.3 Å². The molecule has 0 amide bonds. The van der Waals surface area contributed by atoms with Gasteiger partial charge in [-0.1, -0.05) is 43.7 Å². The van der Waals surface area contributed by atoms with Gasteiger partial charge in [0.1, 0.15) is 22.2 Å². The van der Waals surface area contributed by atoms with Crippen molar-refractivity contribution in [3.8, 4) is 5.75 Å². The maximum Gasteiger partial charge on any atom is 0.310 e. The largest absolute Gasteiger partial charge is 0.497 e. The molecule has 1 aromatic heterocycles. The van der Waals surface area contributed by atoms with E-state index < -0.39 is 32.4 Å². The molecule has 0 bridgehead atoms. The molecule has 0 unspecified atom stereocenters. The number of carbonyl (C=O) groups is 1. The van der Waals surface area contributed by atoms with Crippen LogP contribution in [0.25, 0.3) is 0 Å². The van der Waals surface area contributed by atoms with Gasteiger partial charge in [0.15, 0.2) is 5.78 Å². The summed E-state index contributed by atoms with van der Waals surface area (Å²) < 4.78 is 70.4. The van der Waals surface area contributed by atoms with Gasteiger partial charge >= 0.3 is 10.2 Å². The Balaban J connectivity index is 1.54. The van der Waals surface area contributed by atoms with E-state index in [1.54, 1.807) is 31.4 Å². The smallest absolute Gasteiger partial charge is 0.310 e. The number of Topliss-reactive ketones (excluding diaryl/α,β-unsaturated/α-hetero) is 1. The minimum absolute atomic E-state index is 0.0468. The molecule has 1 N–H and O–H groups in total. The number of methoxy groups -OCH3 is 1. The van der Waals surface area contributed by atoms with Gasteiger partial charge in [-0.15, -0.1) is 0 Å². The van der Waals surface area contributed by atoms with Gasteiger partial charge in [0.25, 0.3) is 5.56 Å². The molecule has 0 radical (unpaired) electrons. The quantitative estimate of drug-likeness (QED) is 0.252. The first kappa shape index (κ1) is 24.9. The molecule has 35 heavy (non-hydrogen) atoms. The van der Waals surface area contributed by atoms with Crippen LogP contribution in [-0.2, 0) is 6.42 Å². The predicted molar refractivity (Wildman–Crippen MR) is 123 cm³/mol.